The highest BCUT2D eigenvalue weighted by atomic mass is 16.5. The topological polar surface area (TPSA) is 76.8 Å². The Hall–Kier alpha value is -3.68. The SMILES string of the molecule is Cc1ccc(-c2cc(C3(NC(=O)c4cc(OC[C@@H]5CCN5C)ccc4C)COC3)c3cccnc3c2)o1. The van der Waals surface area contributed by atoms with Gasteiger partial charge in [0.25, 0.3) is 5.91 Å². The summed E-state index contributed by atoms with van der Waals surface area (Å²) in [6.45, 7) is 6.36. The summed E-state index contributed by atoms with van der Waals surface area (Å²) in [6.07, 6.45) is 2.92. The number of aryl methyl sites for hydroxylation is 2. The highest BCUT2D eigenvalue weighted by molar-refractivity contribution is 5.97. The molecule has 0 aliphatic carbocycles. The van der Waals surface area contributed by atoms with Crippen LogP contribution in [0.2, 0.25) is 0 Å². The van der Waals surface area contributed by atoms with Crippen molar-refractivity contribution in [1.29, 1.82) is 0 Å². The quantitative estimate of drug-likeness (QED) is 0.393. The lowest BCUT2D eigenvalue weighted by atomic mass is 9.83. The van der Waals surface area contributed by atoms with Gasteiger partial charge in [-0.15, -0.1) is 0 Å². The van der Waals surface area contributed by atoms with Gasteiger partial charge in [-0.2, -0.15) is 0 Å². The summed E-state index contributed by atoms with van der Waals surface area (Å²) in [5.41, 5.74) is 3.56. The van der Waals surface area contributed by atoms with E-state index in [0.717, 1.165) is 52.1 Å². The summed E-state index contributed by atoms with van der Waals surface area (Å²) < 4.78 is 17.6. The fraction of sp³-hybridized carbons (Fsp3) is 0.333. The van der Waals surface area contributed by atoms with E-state index in [1.54, 1.807) is 6.20 Å². The molecule has 0 bridgehead atoms. The van der Waals surface area contributed by atoms with E-state index < -0.39 is 5.54 Å². The van der Waals surface area contributed by atoms with Crippen molar-refractivity contribution < 1.29 is 18.7 Å². The van der Waals surface area contributed by atoms with Gasteiger partial charge in [-0.05, 0) is 87.5 Å². The first kappa shape index (κ1) is 23.7. The summed E-state index contributed by atoms with van der Waals surface area (Å²) in [5, 5.41) is 4.30. The molecule has 1 atom stereocenters. The van der Waals surface area contributed by atoms with Crippen LogP contribution in [0.3, 0.4) is 0 Å². The molecule has 1 amide bonds. The zero-order valence-corrected chi connectivity index (χ0v) is 21.4. The molecule has 2 saturated heterocycles. The molecule has 7 heteroatoms. The van der Waals surface area contributed by atoms with Crippen LogP contribution in [0.4, 0.5) is 0 Å². The first-order valence-electron chi connectivity index (χ1n) is 12.7. The number of pyridine rings is 1. The van der Waals surface area contributed by atoms with Gasteiger partial charge in [-0.3, -0.25) is 14.7 Å². The van der Waals surface area contributed by atoms with Crippen molar-refractivity contribution in [3.8, 4) is 17.1 Å². The minimum atomic E-state index is -0.673. The Morgan fingerprint density at radius 2 is 2.03 bits per heavy atom. The van der Waals surface area contributed by atoms with E-state index in [0.29, 0.717) is 37.2 Å². The first-order valence-corrected chi connectivity index (χ1v) is 12.7. The average molecular weight is 498 g/mol. The van der Waals surface area contributed by atoms with Crippen LogP contribution in [0.25, 0.3) is 22.2 Å². The van der Waals surface area contributed by atoms with Gasteiger partial charge >= 0.3 is 0 Å². The highest BCUT2D eigenvalue weighted by Gasteiger charge is 2.43. The molecule has 2 fully saturated rings. The number of hydrogen-bond donors (Lipinski definition) is 1. The van der Waals surface area contributed by atoms with Crippen LogP contribution in [-0.2, 0) is 10.3 Å². The summed E-state index contributed by atoms with van der Waals surface area (Å²) in [4.78, 5) is 20.6. The van der Waals surface area contributed by atoms with Crippen molar-refractivity contribution >= 4 is 16.8 Å². The Morgan fingerprint density at radius 3 is 2.70 bits per heavy atom. The molecular formula is C30H31N3O4. The first-order chi connectivity index (χ1) is 17.9. The zero-order chi connectivity index (χ0) is 25.6. The fourth-order valence-corrected chi connectivity index (χ4v) is 5.10. The molecule has 1 N–H and O–H groups in total. The third-order valence-corrected chi connectivity index (χ3v) is 7.65. The van der Waals surface area contributed by atoms with Crippen molar-refractivity contribution in [2.24, 2.45) is 0 Å². The van der Waals surface area contributed by atoms with E-state index in [2.05, 4.69) is 28.3 Å². The molecule has 0 saturated carbocycles. The van der Waals surface area contributed by atoms with Gasteiger partial charge in [0.1, 0.15) is 29.4 Å². The standard InChI is InChI=1S/C30H31N3O4/c1-19-6-8-23(36-16-22-10-12-33(22)3)15-25(19)29(34)32-30(17-35-18-30)26-13-21(28-9-7-20(2)37-28)14-27-24(26)5-4-11-31-27/h4-9,11,13-15,22H,10,12,16-18H2,1-3H3,(H,32,34)/t22-/m0/s1. The minimum Gasteiger partial charge on any atom is -0.492 e. The van der Waals surface area contributed by atoms with E-state index in [-0.39, 0.29) is 5.91 Å². The largest absolute Gasteiger partial charge is 0.492 e. The zero-order valence-electron chi connectivity index (χ0n) is 21.4. The third kappa shape index (κ3) is 4.38. The number of hydrogen-bond acceptors (Lipinski definition) is 6. The number of rotatable bonds is 7. The Kier molecular flexibility index (Phi) is 5.97. The smallest absolute Gasteiger partial charge is 0.252 e. The number of nitrogens with one attached hydrogen (secondary N) is 1. The maximum atomic E-state index is 13.7. The maximum Gasteiger partial charge on any atom is 0.252 e. The molecule has 37 heavy (non-hydrogen) atoms. The lowest BCUT2D eigenvalue weighted by Gasteiger charge is -2.43. The van der Waals surface area contributed by atoms with Gasteiger partial charge in [-0.1, -0.05) is 12.1 Å². The van der Waals surface area contributed by atoms with Gasteiger partial charge in [0.05, 0.1) is 18.7 Å². The number of carbonyl (C=O) groups excluding carboxylic acids is 1. The average Bonchev–Trinajstić information content (AvgIpc) is 3.32. The monoisotopic (exact) mass is 497 g/mol. The second kappa shape index (κ2) is 9.32. The molecule has 6 rings (SSSR count). The summed E-state index contributed by atoms with van der Waals surface area (Å²) in [7, 11) is 2.10. The molecule has 7 nitrogen and oxygen atoms in total. The summed E-state index contributed by atoms with van der Waals surface area (Å²) >= 11 is 0. The second-order valence-corrected chi connectivity index (χ2v) is 10.2. The van der Waals surface area contributed by atoms with Crippen molar-refractivity contribution in [3.63, 3.8) is 0 Å². The van der Waals surface area contributed by atoms with Crippen LogP contribution in [0.5, 0.6) is 5.75 Å². The van der Waals surface area contributed by atoms with Crippen molar-refractivity contribution in [2.75, 3.05) is 33.4 Å². The van der Waals surface area contributed by atoms with E-state index in [1.807, 2.05) is 62.4 Å². The Morgan fingerprint density at radius 1 is 1.16 bits per heavy atom. The predicted octanol–water partition coefficient (Wildman–Crippen LogP) is 4.85. The van der Waals surface area contributed by atoms with Crippen LogP contribution in [0.1, 0.15) is 33.7 Å². The molecule has 2 aliphatic heterocycles. The molecule has 190 valence electrons. The predicted molar refractivity (Wildman–Crippen MR) is 142 cm³/mol. The van der Waals surface area contributed by atoms with Gasteiger partial charge in [-0.25, -0.2) is 0 Å². The van der Waals surface area contributed by atoms with Crippen molar-refractivity contribution in [1.82, 2.24) is 15.2 Å². The molecule has 0 spiro atoms. The third-order valence-electron chi connectivity index (χ3n) is 7.65. The summed E-state index contributed by atoms with van der Waals surface area (Å²) in [6, 6.07) is 18.1. The highest BCUT2D eigenvalue weighted by Crippen LogP contribution is 2.38. The van der Waals surface area contributed by atoms with Crippen molar-refractivity contribution in [3.05, 3.63) is 83.2 Å². The van der Waals surface area contributed by atoms with Crippen LogP contribution < -0.4 is 10.1 Å². The van der Waals surface area contributed by atoms with Crippen LogP contribution in [-0.4, -0.2) is 55.2 Å². The molecule has 2 aromatic carbocycles. The lowest BCUT2D eigenvalue weighted by molar-refractivity contribution is -0.0726. The summed E-state index contributed by atoms with van der Waals surface area (Å²) in [5.74, 6) is 2.17. The molecule has 2 aliphatic rings. The Balaban J connectivity index is 1.32. The van der Waals surface area contributed by atoms with Gasteiger partial charge in [0, 0.05) is 28.8 Å². The van der Waals surface area contributed by atoms with E-state index >= 15 is 0 Å². The molecule has 4 aromatic rings. The number of nitrogens with zero attached hydrogens (tertiary/aromatic N) is 2. The van der Waals surface area contributed by atoms with Crippen LogP contribution in [0, 0.1) is 13.8 Å². The molecule has 4 heterocycles. The number of likely N-dealkylation sites (tertiary alicyclic amines) is 1. The van der Waals surface area contributed by atoms with Crippen LogP contribution >= 0.6 is 0 Å². The number of likely N-dealkylation sites (N-methyl/N-ethyl adjacent to an activating group) is 1. The normalized spacial score (nSPS) is 18.7. The number of aromatic nitrogens is 1. The second-order valence-electron chi connectivity index (χ2n) is 10.2. The molecule has 2 aromatic heterocycles. The number of amides is 1. The van der Waals surface area contributed by atoms with Crippen LogP contribution in [0.15, 0.2) is 65.2 Å². The molecular weight excluding hydrogens is 466 g/mol. The maximum absolute atomic E-state index is 13.7. The number of ether oxygens (including phenoxy) is 2. The van der Waals surface area contributed by atoms with Gasteiger partial charge in [0.15, 0.2) is 0 Å². The number of furan rings is 1. The minimum absolute atomic E-state index is 0.150. The molecule has 0 radical (unpaired) electrons. The lowest BCUT2D eigenvalue weighted by Crippen LogP contribution is -2.59. The fourth-order valence-electron chi connectivity index (χ4n) is 5.10. The number of fused-ring (bicyclic) bond motifs is 1. The van der Waals surface area contributed by atoms with E-state index in [1.165, 1.54) is 0 Å². The van der Waals surface area contributed by atoms with Crippen molar-refractivity contribution in [2.45, 2.75) is 31.8 Å². The Labute approximate surface area is 216 Å². The number of carbonyl (C=O) groups is 1. The Bertz CT molecular complexity index is 1470. The number of benzene rings is 2. The van der Waals surface area contributed by atoms with Gasteiger partial charge < -0.3 is 19.2 Å². The van der Waals surface area contributed by atoms with E-state index in [9.17, 15) is 4.79 Å². The van der Waals surface area contributed by atoms with E-state index in [4.69, 9.17) is 13.9 Å². The van der Waals surface area contributed by atoms with Gasteiger partial charge in [0.2, 0.25) is 0 Å². The molecule has 0 unspecified atom stereocenters.